The van der Waals surface area contributed by atoms with Crippen molar-refractivity contribution in [3.8, 4) is 16.9 Å². The summed E-state index contributed by atoms with van der Waals surface area (Å²) in [6, 6.07) is 16.4. The van der Waals surface area contributed by atoms with E-state index >= 15 is 0 Å². The van der Waals surface area contributed by atoms with Crippen LogP contribution in [0, 0.1) is 0 Å². The molecule has 2 aromatic rings. The molecule has 2 aromatic carbocycles. The number of β-amino-alcohol motifs (C(OH)–C–C–N with tert-alkyl or cyclic N) is 1. The lowest BCUT2D eigenvalue weighted by Gasteiger charge is -2.16. The fraction of sp³-hybridized carbons (Fsp3) is 0.263. The molecule has 3 nitrogen and oxygen atoms in total. The quantitative estimate of drug-likeness (QED) is 0.880. The number of hydrogen-bond donors (Lipinski definition) is 2. The van der Waals surface area contributed by atoms with E-state index in [4.69, 9.17) is 4.74 Å². The first kappa shape index (κ1) is 17.5. The minimum Gasteiger partial charge on any atom is -0.491 e. The van der Waals surface area contributed by atoms with Crippen LogP contribution in [0.1, 0.15) is 12.0 Å². The van der Waals surface area contributed by atoms with Crippen molar-refractivity contribution < 1.29 is 9.84 Å². The molecular formula is C19H22ClNO2. The van der Waals surface area contributed by atoms with E-state index in [0.717, 1.165) is 28.9 Å². The molecule has 2 unspecified atom stereocenters. The molecule has 4 heteroatoms. The largest absolute Gasteiger partial charge is 0.491 e. The van der Waals surface area contributed by atoms with Crippen LogP contribution >= 0.6 is 12.4 Å². The maximum atomic E-state index is 9.57. The Hall–Kier alpha value is -1.81. The van der Waals surface area contributed by atoms with Gasteiger partial charge >= 0.3 is 0 Å². The zero-order valence-electron chi connectivity index (χ0n) is 12.9. The number of aliphatic hydroxyl groups excluding tert-OH is 1. The fourth-order valence-electron chi connectivity index (χ4n) is 2.85. The van der Waals surface area contributed by atoms with E-state index in [-0.39, 0.29) is 24.6 Å². The molecule has 2 atom stereocenters. The zero-order chi connectivity index (χ0) is 15.4. The third kappa shape index (κ3) is 4.14. The summed E-state index contributed by atoms with van der Waals surface area (Å²) in [5, 5.41) is 12.8. The van der Waals surface area contributed by atoms with Gasteiger partial charge in [-0.1, -0.05) is 55.1 Å². The van der Waals surface area contributed by atoms with Gasteiger partial charge in [0.15, 0.2) is 0 Å². The summed E-state index contributed by atoms with van der Waals surface area (Å²) in [6.07, 6.45) is 2.34. The molecule has 1 heterocycles. The Morgan fingerprint density at radius 1 is 1.13 bits per heavy atom. The van der Waals surface area contributed by atoms with E-state index in [0.29, 0.717) is 13.2 Å². The number of ether oxygens (including phenoxy) is 1. The van der Waals surface area contributed by atoms with Crippen molar-refractivity contribution in [2.75, 3.05) is 13.2 Å². The first-order chi connectivity index (χ1) is 10.8. The Morgan fingerprint density at radius 3 is 2.52 bits per heavy atom. The van der Waals surface area contributed by atoms with E-state index < -0.39 is 0 Å². The van der Waals surface area contributed by atoms with Crippen LogP contribution in [0.15, 0.2) is 55.1 Å². The molecule has 23 heavy (non-hydrogen) atoms. The van der Waals surface area contributed by atoms with E-state index in [1.807, 2.05) is 42.5 Å². The van der Waals surface area contributed by atoms with Gasteiger partial charge in [0.2, 0.25) is 0 Å². The summed E-state index contributed by atoms with van der Waals surface area (Å²) < 4.78 is 6.02. The Bertz CT molecular complexity index is 659. The van der Waals surface area contributed by atoms with Gasteiger partial charge in [0.05, 0.1) is 6.10 Å². The summed E-state index contributed by atoms with van der Waals surface area (Å²) >= 11 is 0. The van der Waals surface area contributed by atoms with E-state index in [1.165, 1.54) is 0 Å². The highest BCUT2D eigenvalue weighted by molar-refractivity contribution is 5.85. The molecule has 3 rings (SSSR count). The lowest BCUT2D eigenvalue weighted by molar-refractivity contribution is 0.187. The van der Waals surface area contributed by atoms with Crippen LogP contribution < -0.4 is 10.1 Å². The van der Waals surface area contributed by atoms with Gasteiger partial charge in [-0.25, -0.2) is 0 Å². The second kappa shape index (κ2) is 8.16. The standard InChI is InChI=1S/C19H21NO2.ClH/c1-2-14-7-3-4-8-17(14)18-9-5-6-10-19(18)22-13-15-11-16(21)12-20-15;/h2-10,15-16,20-21H,1,11-13H2;1H. The molecule has 1 aliphatic heterocycles. The highest BCUT2D eigenvalue weighted by Gasteiger charge is 2.22. The zero-order valence-corrected chi connectivity index (χ0v) is 13.8. The number of benzene rings is 2. The third-order valence-corrected chi connectivity index (χ3v) is 4.00. The first-order valence-electron chi connectivity index (χ1n) is 7.63. The van der Waals surface area contributed by atoms with Crippen LogP contribution in [0.25, 0.3) is 17.2 Å². The number of nitrogens with one attached hydrogen (secondary N) is 1. The second-order valence-corrected chi connectivity index (χ2v) is 5.59. The molecule has 122 valence electrons. The summed E-state index contributed by atoms with van der Waals surface area (Å²) in [5.41, 5.74) is 3.28. The van der Waals surface area contributed by atoms with Gasteiger partial charge in [0, 0.05) is 18.2 Å². The molecule has 0 aromatic heterocycles. The predicted molar refractivity (Wildman–Crippen MR) is 97.1 cm³/mol. The number of hydrogen-bond acceptors (Lipinski definition) is 3. The molecule has 0 saturated carbocycles. The first-order valence-corrected chi connectivity index (χ1v) is 7.63. The fourth-order valence-corrected chi connectivity index (χ4v) is 2.85. The molecule has 1 fully saturated rings. The van der Waals surface area contributed by atoms with Crippen molar-refractivity contribution in [1.29, 1.82) is 0 Å². The number of para-hydroxylation sites is 1. The molecular weight excluding hydrogens is 310 g/mol. The van der Waals surface area contributed by atoms with Crippen LogP contribution in [0.3, 0.4) is 0 Å². The Balaban J connectivity index is 0.00000192. The van der Waals surface area contributed by atoms with Crippen LogP contribution in [0.4, 0.5) is 0 Å². The maximum absolute atomic E-state index is 9.57. The van der Waals surface area contributed by atoms with Gasteiger partial charge in [0.1, 0.15) is 12.4 Å². The lowest BCUT2D eigenvalue weighted by Crippen LogP contribution is -2.28. The SMILES string of the molecule is C=Cc1ccccc1-c1ccccc1OCC1CC(O)CN1.Cl. The highest BCUT2D eigenvalue weighted by Crippen LogP contribution is 2.33. The van der Waals surface area contributed by atoms with E-state index in [1.54, 1.807) is 0 Å². The highest BCUT2D eigenvalue weighted by atomic mass is 35.5. The average Bonchev–Trinajstić information content (AvgIpc) is 2.98. The molecule has 0 radical (unpaired) electrons. The van der Waals surface area contributed by atoms with Crippen LogP contribution in [-0.4, -0.2) is 30.4 Å². The predicted octanol–water partition coefficient (Wildman–Crippen LogP) is 3.52. The van der Waals surface area contributed by atoms with Gasteiger partial charge in [-0.2, -0.15) is 0 Å². The maximum Gasteiger partial charge on any atom is 0.127 e. The van der Waals surface area contributed by atoms with Gasteiger partial charge in [-0.15, -0.1) is 12.4 Å². The monoisotopic (exact) mass is 331 g/mol. The van der Waals surface area contributed by atoms with Crippen molar-refractivity contribution in [3.05, 3.63) is 60.7 Å². The van der Waals surface area contributed by atoms with Gasteiger partial charge in [-0.05, 0) is 23.6 Å². The van der Waals surface area contributed by atoms with Crippen molar-refractivity contribution in [1.82, 2.24) is 5.32 Å². The number of rotatable bonds is 5. The normalized spacial score (nSPS) is 19.9. The Labute approximate surface area is 143 Å². The average molecular weight is 332 g/mol. The minimum absolute atomic E-state index is 0. The smallest absolute Gasteiger partial charge is 0.127 e. The Morgan fingerprint density at radius 2 is 1.83 bits per heavy atom. The minimum atomic E-state index is -0.259. The second-order valence-electron chi connectivity index (χ2n) is 5.59. The van der Waals surface area contributed by atoms with Crippen LogP contribution in [0.5, 0.6) is 5.75 Å². The summed E-state index contributed by atoms with van der Waals surface area (Å²) in [4.78, 5) is 0. The lowest BCUT2D eigenvalue weighted by atomic mass is 9.99. The Kier molecular flexibility index (Phi) is 6.22. The summed E-state index contributed by atoms with van der Waals surface area (Å²) in [6.45, 7) is 5.09. The van der Waals surface area contributed by atoms with Crippen molar-refractivity contribution >= 4 is 18.5 Å². The van der Waals surface area contributed by atoms with Crippen molar-refractivity contribution in [3.63, 3.8) is 0 Å². The van der Waals surface area contributed by atoms with Gasteiger partial charge in [0.25, 0.3) is 0 Å². The summed E-state index contributed by atoms with van der Waals surface area (Å²) in [5.74, 6) is 0.861. The van der Waals surface area contributed by atoms with Crippen molar-refractivity contribution in [2.24, 2.45) is 0 Å². The van der Waals surface area contributed by atoms with Gasteiger partial charge < -0.3 is 15.2 Å². The molecule has 0 amide bonds. The topological polar surface area (TPSA) is 41.5 Å². The van der Waals surface area contributed by atoms with Gasteiger partial charge in [-0.3, -0.25) is 0 Å². The number of halogens is 1. The molecule has 0 bridgehead atoms. The molecule has 1 saturated heterocycles. The van der Waals surface area contributed by atoms with Crippen LogP contribution in [0.2, 0.25) is 0 Å². The molecule has 0 aliphatic carbocycles. The third-order valence-electron chi connectivity index (χ3n) is 4.00. The number of aliphatic hydroxyl groups is 1. The van der Waals surface area contributed by atoms with Crippen molar-refractivity contribution in [2.45, 2.75) is 18.6 Å². The van der Waals surface area contributed by atoms with Crippen LogP contribution in [-0.2, 0) is 0 Å². The van der Waals surface area contributed by atoms with E-state index in [9.17, 15) is 5.11 Å². The molecule has 1 aliphatic rings. The molecule has 0 spiro atoms. The van der Waals surface area contributed by atoms with E-state index in [2.05, 4.69) is 24.0 Å². The molecule has 2 N–H and O–H groups in total. The summed E-state index contributed by atoms with van der Waals surface area (Å²) in [7, 11) is 0.